The number of hydrogen-bond donors (Lipinski definition) is 0. The van der Waals surface area contributed by atoms with Crippen molar-refractivity contribution in [3.63, 3.8) is 0 Å². The summed E-state index contributed by atoms with van der Waals surface area (Å²) in [5.74, 6) is 2.46. The molecular weight excluding hydrogens is 552 g/mol. The highest BCUT2D eigenvalue weighted by molar-refractivity contribution is 5.94. The number of hydrogen-bond acceptors (Lipinski definition) is 3. The van der Waals surface area contributed by atoms with Crippen LogP contribution in [0.2, 0.25) is 0 Å². The normalized spacial score (nSPS) is 16.8. The lowest BCUT2D eigenvalue weighted by molar-refractivity contribution is -0.116. The zero-order valence-electron chi connectivity index (χ0n) is 31.6. The van der Waals surface area contributed by atoms with E-state index in [0.29, 0.717) is 30.1 Å². The van der Waals surface area contributed by atoms with Crippen molar-refractivity contribution >= 4 is 5.78 Å². The number of carbonyl (C=O) groups is 1. The van der Waals surface area contributed by atoms with Crippen molar-refractivity contribution in [2.75, 3.05) is 14.2 Å². The Morgan fingerprint density at radius 3 is 2.00 bits per heavy atom. The van der Waals surface area contributed by atoms with Gasteiger partial charge in [0.25, 0.3) is 0 Å². The van der Waals surface area contributed by atoms with Crippen LogP contribution >= 0.6 is 0 Å². The fourth-order valence-corrected chi connectivity index (χ4v) is 4.88. The fraction of sp³-hybridized carbons (Fsp3) is 0.690. The van der Waals surface area contributed by atoms with Crippen molar-refractivity contribution in [3.8, 4) is 0 Å². The maximum absolute atomic E-state index is 12.4. The first kappa shape index (κ1) is 43.0. The minimum atomic E-state index is -0.239. The lowest BCUT2D eigenvalue weighted by Crippen LogP contribution is -2.23. The molecule has 0 aliphatic rings. The van der Waals surface area contributed by atoms with Gasteiger partial charge in [-0.1, -0.05) is 94.0 Å². The van der Waals surface area contributed by atoms with Crippen LogP contribution in [0.1, 0.15) is 140 Å². The lowest BCUT2D eigenvalue weighted by Gasteiger charge is -2.22. The lowest BCUT2D eigenvalue weighted by atomic mass is 9.96. The van der Waals surface area contributed by atoms with Crippen molar-refractivity contribution in [1.29, 1.82) is 0 Å². The smallest absolute Gasteiger partial charge is 0.158 e. The molecule has 258 valence electrons. The maximum atomic E-state index is 12.4. The number of Topliss-reactive ketones (excluding diaryl/α,β-unsaturated/α-hetero) is 1. The van der Waals surface area contributed by atoms with E-state index in [2.05, 4.69) is 109 Å². The second-order valence-electron chi connectivity index (χ2n) is 14.8. The van der Waals surface area contributed by atoms with Crippen LogP contribution in [0.3, 0.4) is 0 Å². The fourth-order valence-electron chi connectivity index (χ4n) is 4.88. The Morgan fingerprint density at radius 1 is 0.711 bits per heavy atom. The predicted octanol–water partition coefficient (Wildman–Crippen LogP) is 12.4. The molecule has 0 aliphatic heterocycles. The predicted molar refractivity (Wildman–Crippen MR) is 199 cm³/mol. The number of ketones is 1. The summed E-state index contributed by atoms with van der Waals surface area (Å²) in [6, 6.07) is 0. The molecule has 0 bridgehead atoms. The van der Waals surface area contributed by atoms with Gasteiger partial charge in [0.2, 0.25) is 0 Å². The van der Waals surface area contributed by atoms with Gasteiger partial charge in [-0.15, -0.1) is 0 Å². The molecule has 0 N–H and O–H groups in total. The molecule has 0 spiro atoms. The minimum Gasteiger partial charge on any atom is -0.379 e. The van der Waals surface area contributed by atoms with Gasteiger partial charge in [0.1, 0.15) is 0 Å². The summed E-state index contributed by atoms with van der Waals surface area (Å²) >= 11 is 0. The Labute approximate surface area is 280 Å². The molecule has 0 amide bonds. The summed E-state index contributed by atoms with van der Waals surface area (Å²) < 4.78 is 10.9. The molecule has 45 heavy (non-hydrogen) atoms. The monoisotopic (exact) mass is 625 g/mol. The zero-order chi connectivity index (χ0) is 34.3. The van der Waals surface area contributed by atoms with E-state index in [1.165, 1.54) is 12.0 Å². The van der Waals surface area contributed by atoms with Gasteiger partial charge in [0.05, 0.1) is 11.2 Å². The standard InChI is InChI=1S/C42H72O3/c1-34(22-15-24-36(3)25-17-27-38(5)29-19-32-41(7,8)44-11)20-13-14-21-35(2)23-16-26-37(4)28-18-30-39(6)40(43)31-33-42(9,10)45-12/h13,15-17,20,22-23,25,27,30,34-37H,14,18-19,21,24,26,28-29,31-33H2,1-12H3/b20-13+,22-15+,23-16+,25-17+,38-27+,39-30+. The third kappa shape index (κ3) is 24.9. The van der Waals surface area contributed by atoms with Crippen LogP contribution < -0.4 is 0 Å². The van der Waals surface area contributed by atoms with Crippen molar-refractivity contribution in [3.05, 3.63) is 71.9 Å². The van der Waals surface area contributed by atoms with E-state index in [9.17, 15) is 4.79 Å². The molecular formula is C42H72O3. The molecule has 3 heteroatoms. The SMILES string of the molecule is COC(C)(C)CCC/C(C)=C/C=C/C(C)C/C=C/C(C)/C=C/CCC(C)/C=C/CC(C)CC/C=C(\C)C(=O)CCC(C)(C)OC. The minimum absolute atomic E-state index is 0.0232. The van der Waals surface area contributed by atoms with Gasteiger partial charge >= 0.3 is 0 Å². The molecule has 0 saturated carbocycles. The highest BCUT2D eigenvalue weighted by atomic mass is 16.5. The van der Waals surface area contributed by atoms with Crippen LogP contribution in [0.25, 0.3) is 0 Å². The molecule has 0 saturated heterocycles. The van der Waals surface area contributed by atoms with E-state index in [4.69, 9.17) is 9.47 Å². The third-order valence-electron chi connectivity index (χ3n) is 8.96. The van der Waals surface area contributed by atoms with Gasteiger partial charge in [0, 0.05) is 20.6 Å². The van der Waals surface area contributed by atoms with Crippen LogP contribution in [0, 0.1) is 23.7 Å². The molecule has 4 atom stereocenters. The zero-order valence-corrected chi connectivity index (χ0v) is 31.6. The quantitative estimate of drug-likeness (QED) is 0.0576. The Hall–Kier alpha value is -1.97. The van der Waals surface area contributed by atoms with Crippen molar-refractivity contribution in [1.82, 2.24) is 0 Å². The maximum Gasteiger partial charge on any atom is 0.158 e. The second kappa shape index (κ2) is 24.2. The molecule has 0 rings (SSSR count). The van der Waals surface area contributed by atoms with Gasteiger partial charge in [0.15, 0.2) is 5.78 Å². The Balaban J connectivity index is 4.23. The van der Waals surface area contributed by atoms with E-state index >= 15 is 0 Å². The molecule has 0 aliphatic carbocycles. The summed E-state index contributed by atoms with van der Waals surface area (Å²) in [6.07, 6.45) is 34.2. The first-order valence-electron chi connectivity index (χ1n) is 17.7. The van der Waals surface area contributed by atoms with Gasteiger partial charge in [-0.25, -0.2) is 0 Å². The van der Waals surface area contributed by atoms with Gasteiger partial charge in [-0.3, -0.25) is 4.79 Å². The number of rotatable bonds is 25. The Kier molecular flexibility index (Phi) is 23.2. The van der Waals surface area contributed by atoms with E-state index in [1.807, 2.05) is 20.8 Å². The van der Waals surface area contributed by atoms with Crippen molar-refractivity contribution in [2.45, 2.75) is 151 Å². The molecule has 0 heterocycles. The Bertz CT molecular complexity index is 972. The number of ether oxygens (including phenoxy) is 2. The largest absolute Gasteiger partial charge is 0.379 e. The van der Waals surface area contributed by atoms with Crippen LogP contribution in [-0.2, 0) is 14.3 Å². The third-order valence-corrected chi connectivity index (χ3v) is 8.96. The van der Waals surface area contributed by atoms with Crippen molar-refractivity contribution < 1.29 is 14.3 Å². The summed E-state index contributed by atoms with van der Waals surface area (Å²) in [5.41, 5.74) is 2.06. The second-order valence-corrected chi connectivity index (χ2v) is 14.8. The van der Waals surface area contributed by atoms with Gasteiger partial charge in [-0.2, -0.15) is 0 Å². The first-order valence-corrected chi connectivity index (χ1v) is 17.7. The average Bonchev–Trinajstić information content (AvgIpc) is 2.98. The van der Waals surface area contributed by atoms with Gasteiger partial charge < -0.3 is 9.47 Å². The molecule has 0 aromatic rings. The van der Waals surface area contributed by atoms with E-state index in [0.717, 1.165) is 63.4 Å². The van der Waals surface area contributed by atoms with E-state index in [1.54, 1.807) is 14.2 Å². The van der Waals surface area contributed by atoms with Crippen LogP contribution in [0.15, 0.2) is 71.9 Å². The van der Waals surface area contributed by atoms with Gasteiger partial charge in [-0.05, 0) is 135 Å². The van der Waals surface area contributed by atoms with Crippen molar-refractivity contribution in [2.24, 2.45) is 23.7 Å². The number of carbonyl (C=O) groups excluding carboxylic acids is 1. The molecule has 0 aromatic heterocycles. The average molecular weight is 625 g/mol. The van der Waals surface area contributed by atoms with E-state index in [-0.39, 0.29) is 17.0 Å². The summed E-state index contributed by atoms with van der Waals surface area (Å²) in [7, 11) is 3.50. The highest BCUT2D eigenvalue weighted by Gasteiger charge is 2.18. The molecule has 0 aromatic carbocycles. The summed E-state index contributed by atoms with van der Waals surface area (Å²) in [6.45, 7) is 21.7. The first-order chi connectivity index (χ1) is 21.1. The topological polar surface area (TPSA) is 35.5 Å². The van der Waals surface area contributed by atoms with Crippen LogP contribution in [0.4, 0.5) is 0 Å². The number of methoxy groups -OCH3 is 2. The summed E-state index contributed by atoms with van der Waals surface area (Å²) in [4.78, 5) is 12.4. The van der Waals surface area contributed by atoms with Crippen LogP contribution in [-0.4, -0.2) is 31.2 Å². The summed E-state index contributed by atoms with van der Waals surface area (Å²) in [5, 5.41) is 0. The Morgan fingerprint density at radius 2 is 1.33 bits per heavy atom. The highest BCUT2D eigenvalue weighted by Crippen LogP contribution is 2.20. The molecule has 0 radical (unpaired) electrons. The molecule has 3 nitrogen and oxygen atoms in total. The van der Waals surface area contributed by atoms with E-state index < -0.39 is 0 Å². The number of allylic oxidation sites excluding steroid dienone is 12. The van der Waals surface area contributed by atoms with Crippen LogP contribution in [0.5, 0.6) is 0 Å². The molecule has 0 fully saturated rings. The molecule has 4 unspecified atom stereocenters.